The maximum absolute atomic E-state index is 11.9. The van der Waals surface area contributed by atoms with Gasteiger partial charge in [-0.3, -0.25) is 9.67 Å². The van der Waals surface area contributed by atoms with Crippen molar-refractivity contribution >= 4 is 12.1 Å². The molecule has 1 aromatic rings. The summed E-state index contributed by atoms with van der Waals surface area (Å²) >= 11 is 0. The second kappa shape index (κ2) is 9.30. The van der Waals surface area contributed by atoms with Crippen LogP contribution in [-0.2, 0) is 18.3 Å². The van der Waals surface area contributed by atoms with Gasteiger partial charge in [0, 0.05) is 44.0 Å². The number of alkyl carbamates (subject to hydrolysis) is 1. The maximum atomic E-state index is 11.9. The first-order chi connectivity index (χ1) is 13.1. The Morgan fingerprint density at radius 2 is 1.75 bits per heavy atom. The average molecular weight is 393 g/mol. The molecule has 1 aliphatic rings. The zero-order valence-corrected chi connectivity index (χ0v) is 18.3. The Kier molecular flexibility index (Phi) is 7.32. The van der Waals surface area contributed by atoms with Gasteiger partial charge in [-0.25, -0.2) is 4.79 Å². The monoisotopic (exact) mass is 392 g/mol. The Balaban J connectivity index is 1.77. The number of nitrogens with one attached hydrogen (secondary N) is 3. The lowest BCUT2D eigenvalue weighted by atomic mass is 9.91. The third-order valence-corrected chi connectivity index (χ3v) is 5.10. The Bertz CT molecular complexity index is 696. The molecule has 1 aromatic heterocycles. The van der Waals surface area contributed by atoms with Crippen LogP contribution < -0.4 is 16.0 Å². The molecule has 8 heteroatoms. The zero-order chi connectivity index (χ0) is 20.9. The molecule has 3 N–H and O–H groups in total. The topological polar surface area (TPSA) is 92.6 Å². The minimum absolute atomic E-state index is 0.170. The fraction of sp³-hybridized carbons (Fsp3) is 0.750. The van der Waals surface area contributed by atoms with Gasteiger partial charge in [0.2, 0.25) is 0 Å². The van der Waals surface area contributed by atoms with E-state index in [9.17, 15) is 4.79 Å². The summed E-state index contributed by atoms with van der Waals surface area (Å²) < 4.78 is 7.25. The third kappa shape index (κ3) is 6.42. The van der Waals surface area contributed by atoms with Crippen LogP contribution in [0, 0.1) is 13.8 Å². The van der Waals surface area contributed by atoms with Crippen LogP contribution in [-0.4, -0.2) is 46.6 Å². The standard InChI is InChI=1S/C20H36N6O2/c1-13-17(14(2)26(7)25-13)12-22-18(21-6)23-15-8-10-16(11-9-15)24-19(27)28-20(3,4)5/h15-16H,8-12H2,1-7H3,(H,24,27)(H2,21,22,23). The number of nitrogens with zero attached hydrogens (tertiary/aromatic N) is 3. The number of amides is 1. The van der Waals surface area contributed by atoms with Crippen molar-refractivity contribution in [3.63, 3.8) is 0 Å². The van der Waals surface area contributed by atoms with Gasteiger partial charge in [0.15, 0.2) is 5.96 Å². The molecule has 0 aromatic carbocycles. The summed E-state index contributed by atoms with van der Waals surface area (Å²) in [5.74, 6) is 0.797. The van der Waals surface area contributed by atoms with Crippen molar-refractivity contribution in [3.05, 3.63) is 17.0 Å². The van der Waals surface area contributed by atoms with Crippen LogP contribution in [0.1, 0.15) is 63.4 Å². The molecule has 158 valence electrons. The summed E-state index contributed by atoms with van der Waals surface area (Å²) in [6.45, 7) is 10.4. The molecule has 0 radical (unpaired) electrons. The van der Waals surface area contributed by atoms with E-state index >= 15 is 0 Å². The second-order valence-corrected chi connectivity index (χ2v) is 8.54. The molecule has 28 heavy (non-hydrogen) atoms. The van der Waals surface area contributed by atoms with E-state index in [0.717, 1.165) is 43.0 Å². The normalized spacial score (nSPS) is 20.6. The largest absolute Gasteiger partial charge is 0.444 e. The lowest BCUT2D eigenvalue weighted by molar-refractivity contribution is 0.0490. The molecule has 0 atom stereocenters. The molecule has 0 bridgehead atoms. The fourth-order valence-corrected chi connectivity index (χ4v) is 3.49. The minimum atomic E-state index is -0.466. The molecule has 2 rings (SSSR count). The Labute approximate surface area is 168 Å². The van der Waals surface area contributed by atoms with Gasteiger partial charge in [0.25, 0.3) is 0 Å². The van der Waals surface area contributed by atoms with Gasteiger partial charge in [-0.2, -0.15) is 5.10 Å². The number of carbonyl (C=O) groups excluding carboxylic acids is 1. The summed E-state index contributed by atoms with van der Waals surface area (Å²) in [5.41, 5.74) is 2.94. The number of aliphatic imine (C=N–C) groups is 1. The van der Waals surface area contributed by atoms with Gasteiger partial charge in [-0.15, -0.1) is 0 Å². The molecule has 0 saturated heterocycles. The first-order valence-electron chi connectivity index (χ1n) is 10.0. The van der Waals surface area contributed by atoms with Gasteiger partial charge < -0.3 is 20.7 Å². The predicted octanol–water partition coefficient (Wildman–Crippen LogP) is 2.54. The van der Waals surface area contributed by atoms with E-state index in [1.165, 1.54) is 5.56 Å². The molecule has 8 nitrogen and oxygen atoms in total. The van der Waals surface area contributed by atoms with Gasteiger partial charge in [-0.05, 0) is 60.3 Å². The van der Waals surface area contributed by atoms with E-state index < -0.39 is 5.60 Å². The molecule has 0 aliphatic heterocycles. The summed E-state index contributed by atoms with van der Waals surface area (Å²) in [7, 11) is 3.75. The number of guanidine groups is 1. The summed E-state index contributed by atoms with van der Waals surface area (Å²) in [5, 5.41) is 14.3. The molecule has 1 heterocycles. The first kappa shape index (κ1) is 22.0. The van der Waals surface area contributed by atoms with Crippen LogP contribution in [0.25, 0.3) is 0 Å². The van der Waals surface area contributed by atoms with Crippen molar-refractivity contribution in [1.82, 2.24) is 25.7 Å². The van der Waals surface area contributed by atoms with Gasteiger partial charge >= 0.3 is 6.09 Å². The van der Waals surface area contributed by atoms with Crippen LogP contribution >= 0.6 is 0 Å². The highest BCUT2D eigenvalue weighted by atomic mass is 16.6. The minimum Gasteiger partial charge on any atom is -0.444 e. The van der Waals surface area contributed by atoms with E-state index in [0.29, 0.717) is 12.6 Å². The van der Waals surface area contributed by atoms with Crippen molar-refractivity contribution in [2.24, 2.45) is 12.0 Å². The van der Waals surface area contributed by atoms with Crippen LogP contribution in [0.2, 0.25) is 0 Å². The van der Waals surface area contributed by atoms with Gasteiger partial charge in [-0.1, -0.05) is 0 Å². The number of aromatic nitrogens is 2. The molecule has 1 amide bonds. The van der Waals surface area contributed by atoms with E-state index in [4.69, 9.17) is 4.74 Å². The predicted molar refractivity (Wildman–Crippen MR) is 111 cm³/mol. The number of aryl methyl sites for hydroxylation is 2. The lowest BCUT2D eigenvalue weighted by Crippen LogP contribution is -2.48. The van der Waals surface area contributed by atoms with Crippen LogP contribution in [0.3, 0.4) is 0 Å². The van der Waals surface area contributed by atoms with Crippen LogP contribution in [0.15, 0.2) is 4.99 Å². The number of hydrogen-bond donors (Lipinski definition) is 3. The van der Waals surface area contributed by atoms with Crippen LogP contribution in [0.5, 0.6) is 0 Å². The summed E-state index contributed by atoms with van der Waals surface area (Å²) in [6.07, 6.45) is 3.48. The van der Waals surface area contributed by atoms with Crippen molar-refractivity contribution in [3.8, 4) is 0 Å². The van der Waals surface area contributed by atoms with Gasteiger partial charge in [0.1, 0.15) is 5.60 Å². The Morgan fingerprint density at radius 1 is 1.18 bits per heavy atom. The number of ether oxygens (including phenoxy) is 1. The SMILES string of the molecule is CN=C(NCc1c(C)nn(C)c1C)NC1CCC(NC(=O)OC(C)(C)C)CC1. The molecular formula is C20H36N6O2. The maximum Gasteiger partial charge on any atom is 0.407 e. The van der Waals surface area contributed by atoms with E-state index in [-0.39, 0.29) is 12.1 Å². The van der Waals surface area contributed by atoms with Crippen molar-refractivity contribution in [1.29, 1.82) is 0 Å². The number of rotatable bonds is 4. The van der Waals surface area contributed by atoms with E-state index in [2.05, 4.69) is 33.0 Å². The van der Waals surface area contributed by atoms with Gasteiger partial charge in [0.05, 0.1) is 5.69 Å². The highest BCUT2D eigenvalue weighted by Crippen LogP contribution is 2.19. The lowest BCUT2D eigenvalue weighted by Gasteiger charge is -2.31. The second-order valence-electron chi connectivity index (χ2n) is 8.54. The molecular weight excluding hydrogens is 356 g/mol. The quantitative estimate of drug-likeness (QED) is 0.541. The summed E-state index contributed by atoms with van der Waals surface area (Å²) in [6, 6.07) is 0.516. The molecule has 0 spiro atoms. The number of hydrogen-bond acceptors (Lipinski definition) is 4. The third-order valence-electron chi connectivity index (χ3n) is 5.10. The highest BCUT2D eigenvalue weighted by Gasteiger charge is 2.25. The highest BCUT2D eigenvalue weighted by molar-refractivity contribution is 5.80. The van der Waals surface area contributed by atoms with Crippen molar-refractivity contribution in [2.45, 2.75) is 84.5 Å². The number of carbonyl (C=O) groups is 1. The Morgan fingerprint density at radius 3 is 2.21 bits per heavy atom. The van der Waals surface area contributed by atoms with E-state index in [1.807, 2.05) is 39.4 Å². The Hall–Kier alpha value is -2.25. The first-order valence-corrected chi connectivity index (χ1v) is 10.0. The van der Waals surface area contributed by atoms with Crippen molar-refractivity contribution < 1.29 is 9.53 Å². The molecule has 1 aliphatic carbocycles. The summed E-state index contributed by atoms with van der Waals surface area (Å²) in [4.78, 5) is 16.3. The average Bonchev–Trinajstić information content (AvgIpc) is 2.83. The fourth-order valence-electron chi connectivity index (χ4n) is 3.49. The van der Waals surface area contributed by atoms with Crippen molar-refractivity contribution in [2.75, 3.05) is 7.05 Å². The van der Waals surface area contributed by atoms with Crippen LogP contribution in [0.4, 0.5) is 4.79 Å². The molecule has 1 saturated carbocycles. The van der Waals surface area contributed by atoms with E-state index in [1.54, 1.807) is 7.05 Å². The molecule has 0 unspecified atom stereocenters. The molecule has 1 fully saturated rings. The smallest absolute Gasteiger partial charge is 0.407 e. The zero-order valence-electron chi connectivity index (χ0n) is 18.3.